The summed E-state index contributed by atoms with van der Waals surface area (Å²) in [7, 11) is 1.66. The third-order valence-corrected chi connectivity index (χ3v) is 7.36. The molecule has 1 heterocycles. The minimum Gasteiger partial charge on any atom is -0.497 e. The van der Waals surface area contributed by atoms with Gasteiger partial charge in [0.25, 0.3) is 0 Å². The number of ether oxygens (including phenoxy) is 1. The van der Waals surface area contributed by atoms with E-state index in [0.717, 1.165) is 66.2 Å². The maximum atomic E-state index is 13.6. The predicted molar refractivity (Wildman–Crippen MR) is 135 cm³/mol. The largest absolute Gasteiger partial charge is 0.497 e. The molecule has 0 radical (unpaired) electrons. The molecule has 1 saturated carbocycles. The highest BCUT2D eigenvalue weighted by molar-refractivity contribution is 5.92. The molecular weight excluding hydrogens is 460 g/mol. The van der Waals surface area contributed by atoms with Gasteiger partial charge in [0.2, 0.25) is 5.91 Å². The average molecular weight is 492 g/mol. The second-order valence-electron chi connectivity index (χ2n) is 9.85. The third-order valence-electron chi connectivity index (χ3n) is 7.36. The first-order valence-electron chi connectivity index (χ1n) is 12.8. The van der Waals surface area contributed by atoms with Crippen LogP contribution in [0.25, 0.3) is 11.3 Å². The zero-order chi connectivity index (χ0) is 25.1. The Morgan fingerprint density at radius 3 is 2.64 bits per heavy atom. The number of methoxy groups -OCH3 is 1. The first-order chi connectivity index (χ1) is 17.5. The smallest absolute Gasteiger partial charge is 0.229 e. The van der Waals surface area contributed by atoms with E-state index in [1.165, 1.54) is 43.7 Å². The van der Waals surface area contributed by atoms with Crippen molar-refractivity contribution >= 4 is 11.7 Å². The molecule has 2 aromatic carbocycles. The lowest BCUT2D eigenvalue weighted by molar-refractivity contribution is -0.115. The van der Waals surface area contributed by atoms with Crippen LogP contribution in [0.4, 0.5) is 14.6 Å². The number of fused-ring (bicyclic) bond motifs is 3. The Morgan fingerprint density at radius 1 is 1.03 bits per heavy atom. The summed E-state index contributed by atoms with van der Waals surface area (Å²) in [6.07, 6.45) is 9.53. The van der Waals surface area contributed by atoms with Crippen LogP contribution in [0, 0.1) is 17.6 Å². The number of nitrogens with one attached hydrogen (secondary N) is 1. The van der Waals surface area contributed by atoms with Crippen molar-refractivity contribution < 1.29 is 18.3 Å². The topological polar surface area (TPSA) is 64.1 Å². The first kappa shape index (κ1) is 24.3. The van der Waals surface area contributed by atoms with Gasteiger partial charge in [-0.2, -0.15) is 0 Å². The summed E-state index contributed by atoms with van der Waals surface area (Å²) < 4.78 is 32.3. The van der Waals surface area contributed by atoms with E-state index in [4.69, 9.17) is 14.7 Å². The predicted octanol–water partition coefficient (Wildman–Crippen LogP) is 6.22. The molecule has 2 aliphatic rings. The number of carbonyl (C=O) groups is 1. The maximum Gasteiger partial charge on any atom is 0.229 e. The molecule has 0 atom stereocenters. The minimum absolute atomic E-state index is 0.0688. The van der Waals surface area contributed by atoms with Crippen LogP contribution in [-0.2, 0) is 30.5 Å². The number of anilines is 1. The van der Waals surface area contributed by atoms with Crippen LogP contribution >= 0.6 is 0 Å². The molecule has 0 spiro atoms. The van der Waals surface area contributed by atoms with Gasteiger partial charge < -0.3 is 10.1 Å². The lowest BCUT2D eigenvalue weighted by atomic mass is 9.85. The van der Waals surface area contributed by atoms with Gasteiger partial charge in [0.05, 0.1) is 30.6 Å². The molecule has 188 valence electrons. The third kappa shape index (κ3) is 5.40. The van der Waals surface area contributed by atoms with Crippen LogP contribution in [0.5, 0.6) is 5.75 Å². The quantitative estimate of drug-likeness (QED) is 0.426. The molecule has 0 aliphatic heterocycles. The summed E-state index contributed by atoms with van der Waals surface area (Å²) in [4.78, 5) is 22.8. The van der Waals surface area contributed by atoms with Crippen molar-refractivity contribution in [2.45, 2.75) is 64.2 Å². The van der Waals surface area contributed by atoms with Gasteiger partial charge in [-0.1, -0.05) is 38.2 Å². The van der Waals surface area contributed by atoms with E-state index in [-0.39, 0.29) is 12.3 Å². The van der Waals surface area contributed by atoms with Crippen molar-refractivity contribution in [1.29, 1.82) is 0 Å². The van der Waals surface area contributed by atoms with Crippen LogP contribution in [-0.4, -0.2) is 23.0 Å². The van der Waals surface area contributed by atoms with E-state index in [0.29, 0.717) is 17.3 Å². The highest BCUT2D eigenvalue weighted by Gasteiger charge is 2.24. The number of aryl methyl sites for hydroxylation is 3. The van der Waals surface area contributed by atoms with E-state index < -0.39 is 11.6 Å². The number of rotatable bonds is 7. The van der Waals surface area contributed by atoms with Gasteiger partial charge in [0.15, 0.2) is 17.5 Å². The molecule has 0 saturated heterocycles. The Bertz CT molecular complexity index is 1270. The zero-order valence-corrected chi connectivity index (χ0v) is 20.6. The van der Waals surface area contributed by atoms with Crippen LogP contribution in [0.1, 0.15) is 61.0 Å². The zero-order valence-electron chi connectivity index (χ0n) is 20.6. The fourth-order valence-corrected chi connectivity index (χ4v) is 5.39. The van der Waals surface area contributed by atoms with E-state index in [1.54, 1.807) is 7.11 Å². The molecule has 1 amide bonds. The van der Waals surface area contributed by atoms with Crippen LogP contribution in [0.2, 0.25) is 0 Å². The lowest BCUT2D eigenvalue weighted by Gasteiger charge is -2.23. The molecule has 1 N–H and O–H groups in total. The molecule has 5 nitrogen and oxygen atoms in total. The van der Waals surface area contributed by atoms with Crippen molar-refractivity contribution in [3.63, 3.8) is 0 Å². The molecule has 0 bridgehead atoms. The maximum absolute atomic E-state index is 13.6. The average Bonchev–Trinajstić information content (AvgIpc) is 2.89. The van der Waals surface area contributed by atoms with Gasteiger partial charge >= 0.3 is 0 Å². The summed E-state index contributed by atoms with van der Waals surface area (Å²) in [6, 6.07) is 9.55. The highest BCUT2D eigenvalue weighted by Crippen LogP contribution is 2.36. The minimum atomic E-state index is -0.961. The Hall–Kier alpha value is -3.35. The summed E-state index contributed by atoms with van der Waals surface area (Å²) in [5, 5.41) is 2.92. The monoisotopic (exact) mass is 491 g/mol. The Balaban J connectivity index is 1.42. The number of carbonyl (C=O) groups excluding carboxylic acids is 1. The van der Waals surface area contributed by atoms with E-state index in [2.05, 4.69) is 11.4 Å². The number of halogens is 2. The number of amides is 1. The Kier molecular flexibility index (Phi) is 7.25. The normalized spacial score (nSPS) is 15.2. The fraction of sp³-hybridized carbons (Fsp3) is 0.414. The second-order valence-corrected chi connectivity index (χ2v) is 9.85. The fourth-order valence-electron chi connectivity index (χ4n) is 5.39. The summed E-state index contributed by atoms with van der Waals surface area (Å²) >= 11 is 0. The number of hydrogen-bond acceptors (Lipinski definition) is 4. The van der Waals surface area contributed by atoms with Crippen molar-refractivity contribution in [2.24, 2.45) is 5.92 Å². The van der Waals surface area contributed by atoms with Crippen molar-refractivity contribution in [2.75, 3.05) is 12.4 Å². The van der Waals surface area contributed by atoms with Gasteiger partial charge in [-0.15, -0.1) is 0 Å². The van der Waals surface area contributed by atoms with Gasteiger partial charge in [-0.25, -0.2) is 18.7 Å². The van der Waals surface area contributed by atoms with Gasteiger partial charge in [0, 0.05) is 5.56 Å². The second kappa shape index (κ2) is 10.7. The Morgan fingerprint density at radius 2 is 1.86 bits per heavy atom. The molecule has 36 heavy (non-hydrogen) atoms. The van der Waals surface area contributed by atoms with Gasteiger partial charge in [-0.05, 0) is 73.1 Å². The van der Waals surface area contributed by atoms with Crippen LogP contribution in [0.3, 0.4) is 0 Å². The molecule has 5 rings (SSSR count). The molecule has 1 fully saturated rings. The number of nitrogens with zero attached hydrogens (tertiary/aromatic N) is 2. The SMILES string of the molecule is COc1ccc2c(c1)CCc1nc(NC(=O)Cc3ccc(F)c(F)c3)c(CCC3CCCCC3)nc1-2. The van der Waals surface area contributed by atoms with Crippen molar-refractivity contribution in [3.05, 3.63) is 70.5 Å². The molecule has 0 unspecified atom stereocenters. The van der Waals surface area contributed by atoms with Gasteiger partial charge in [0.1, 0.15) is 5.75 Å². The van der Waals surface area contributed by atoms with Gasteiger partial charge in [-0.3, -0.25) is 4.79 Å². The number of benzene rings is 2. The highest BCUT2D eigenvalue weighted by atomic mass is 19.2. The van der Waals surface area contributed by atoms with Crippen molar-refractivity contribution in [3.8, 4) is 17.0 Å². The van der Waals surface area contributed by atoms with Crippen molar-refractivity contribution in [1.82, 2.24) is 9.97 Å². The van der Waals surface area contributed by atoms with E-state index in [1.807, 2.05) is 12.1 Å². The molecule has 2 aliphatic carbocycles. The lowest BCUT2D eigenvalue weighted by Crippen LogP contribution is -2.20. The van der Waals surface area contributed by atoms with Crippen LogP contribution < -0.4 is 10.1 Å². The summed E-state index contributed by atoms with van der Waals surface area (Å²) in [5.41, 5.74) is 5.16. The number of hydrogen-bond donors (Lipinski definition) is 1. The van der Waals surface area contributed by atoms with Crippen LogP contribution in [0.15, 0.2) is 36.4 Å². The summed E-state index contributed by atoms with van der Waals surface area (Å²) in [5.74, 6) is -0.244. The molecule has 1 aromatic heterocycles. The molecule has 3 aromatic rings. The van der Waals surface area contributed by atoms with E-state index >= 15 is 0 Å². The molecule has 7 heteroatoms. The van der Waals surface area contributed by atoms with E-state index in [9.17, 15) is 13.6 Å². The standard InChI is InChI=1S/C29H31F2N3O2/c1-36-21-10-11-22-20(17-21)9-14-25-28(22)32-26(13-8-18-5-3-2-4-6-18)29(33-25)34-27(35)16-19-7-12-23(30)24(31)15-19/h7,10-12,15,17-18H,2-6,8-9,13-14,16H2,1H3,(H,33,34,35). The molecular formula is C29H31F2N3O2. The number of aromatic nitrogens is 2. The first-order valence-corrected chi connectivity index (χ1v) is 12.8. The summed E-state index contributed by atoms with van der Waals surface area (Å²) in [6.45, 7) is 0. The Labute approximate surface area is 210 Å².